The average Bonchev–Trinajstić information content (AvgIpc) is 2.10. The quantitative estimate of drug-likeness (QED) is 0.479. The van der Waals surface area contributed by atoms with E-state index in [0.717, 1.165) is 13.0 Å². The van der Waals surface area contributed by atoms with Gasteiger partial charge in [-0.15, -0.1) is 0 Å². The molecule has 78 valence electrons. The van der Waals surface area contributed by atoms with Crippen LogP contribution in [0.15, 0.2) is 0 Å². The van der Waals surface area contributed by atoms with E-state index in [1.807, 2.05) is 0 Å². The maximum atomic E-state index is 8.41. The molecule has 2 nitrogen and oxygen atoms in total. The largest absolute Gasteiger partial charge is 0.394 e. The van der Waals surface area contributed by atoms with Crippen molar-refractivity contribution in [1.29, 1.82) is 0 Å². The van der Waals surface area contributed by atoms with Crippen molar-refractivity contribution in [3.8, 4) is 0 Å². The van der Waals surface area contributed by atoms with Gasteiger partial charge in [-0.25, -0.2) is 0 Å². The van der Waals surface area contributed by atoms with Crippen molar-refractivity contribution in [2.24, 2.45) is 0 Å². The Kier molecular flexibility index (Phi) is 18.7. The third-order valence-corrected chi connectivity index (χ3v) is 1.88. The van der Waals surface area contributed by atoms with Crippen LogP contribution in [0.4, 0.5) is 0 Å². The third-order valence-electron chi connectivity index (χ3n) is 1.88. The van der Waals surface area contributed by atoms with Gasteiger partial charge in [-0.05, 0) is 6.42 Å². The molecule has 0 unspecified atom stereocenters. The van der Waals surface area contributed by atoms with Gasteiger partial charge < -0.3 is 9.84 Å². The molecule has 0 saturated carbocycles. The summed E-state index contributed by atoms with van der Waals surface area (Å²) in [5.74, 6) is 0. The molecule has 0 atom stereocenters. The molecule has 0 amide bonds. The normalized spacial score (nSPS) is 9.69. The van der Waals surface area contributed by atoms with Gasteiger partial charge in [0.1, 0.15) is 0 Å². The summed E-state index contributed by atoms with van der Waals surface area (Å²) in [5.41, 5.74) is 0. The van der Waals surface area contributed by atoms with E-state index in [0.29, 0.717) is 6.61 Å². The van der Waals surface area contributed by atoms with Gasteiger partial charge in [0, 0.05) is 28.3 Å². The van der Waals surface area contributed by atoms with Crippen molar-refractivity contribution in [3.05, 3.63) is 0 Å². The molecule has 0 bridgehead atoms. The standard InChI is InChI=1S/C10H22O2.Ti/c1-2-3-4-5-6-7-9-12-10-8-11;/h11H,2-10H2,1H3;. The number of aliphatic hydroxyl groups is 1. The Morgan fingerprint density at radius 1 is 0.923 bits per heavy atom. The van der Waals surface area contributed by atoms with Gasteiger partial charge in [-0.3, -0.25) is 0 Å². The predicted molar refractivity (Wildman–Crippen MR) is 51.3 cm³/mol. The van der Waals surface area contributed by atoms with Crippen molar-refractivity contribution in [1.82, 2.24) is 0 Å². The van der Waals surface area contributed by atoms with E-state index in [4.69, 9.17) is 9.84 Å². The smallest absolute Gasteiger partial charge is 0.0697 e. The van der Waals surface area contributed by atoms with E-state index in [2.05, 4.69) is 6.92 Å². The van der Waals surface area contributed by atoms with Crippen LogP contribution < -0.4 is 0 Å². The summed E-state index contributed by atoms with van der Waals surface area (Å²) >= 11 is 0. The zero-order valence-corrected chi connectivity index (χ0v) is 10.3. The summed E-state index contributed by atoms with van der Waals surface area (Å²) in [6.45, 7) is 3.68. The van der Waals surface area contributed by atoms with Crippen LogP contribution in [0.2, 0.25) is 0 Å². The van der Waals surface area contributed by atoms with Gasteiger partial charge in [0.15, 0.2) is 0 Å². The first-order valence-corrected chi connectivity index (χ1v) is 5.10. The van der Waals surface area contributed by atoms with Crippen LogP contribution in [0.3, 0.4) is 0 Å². The number of unbranched alkanes of at least 4 members (excludes halogenated alkanes) is 5. The monoisotopic (exact) mass is 222 g/mol. The van der Waals surface area contributed by atoms with E-state index >= 15 is 0 Å². The topological polar surface area (TPSA) is 29.5 Å². The second kappa shape index (κ2) is 15.1. The Balaban J connectivity index is 0. The minimum absolute atomic E-state index is 0. The Morgan fingerprint density at radius 3 is 2.15 bits per heavy atom. The number of rotatable bonds is 9. The molecule has 0 spiro atoms. The van der Waals surface area contributed by atoms with Crippen molar-refractivity contribution >= 4 is 0 Å². The molecule has 0 aliphatic carbocycles. The summed E-state index contributed by atoms with van der Waals surface area (Å²) < 4.78 is 5.14. The average molecular weight is 222 g/mol. The van der Waals surface area contributed by atoms with Gasteiger partial charge in [0.25, 0.3) is 0 Å². The number of aliphatic hydroxyl groups excluding tert-OH is 1. The van der Waals surface area contributed by atoms with Crippen LogP contribution in [-0.4, -0.2) is 24.9 Å². The summed E-state index contributed by atoms with van der Waals surface area (Å²) in [7, 11) is 0. The van der Waals surface area contributed by atoms with E-state index in [1.54, 1.807) is 0 Å². The van der Waals surface area contributed by atoms with E-state index in [-0.39, 0.29) is 28.3 Å². The van der Waals surface area contributed by atoms with Gasteiger partial charge in [0.2, 0.25) is 0 Å². The molecule has 0 aliphatic heterocycles. The number of hydrogen-bond donors (Lipinski definition) is 1. The molecule has 0 heterocycles. The maximum Gasteiger partial charge on any atom is 0.0697 e. The molecule has 1 N–H and O–H groups in total. The summed E-state index contributed by atoms with van der Waals surface area (Å²) in [4.78, 5) is 0. The Labute approximate surface area is 96.9 Å². The van der Waals surface area contributed by atoms with Crippen LogP contribution in [0.25, 0.3) is 0 Å². The first-order chi connectivity index (χ1) is 5.91. The maximum absolute atomic E-state index is 8.41. The SMILES string of the molecule is CCCCCCCCOCCO.[Ti]. The molecule has 0 rings (SSSR count). The zero-order chi connectivity index (χ0) is 9.07. The van der Waals surface area contributed by atoms with Crippen molar-refractivity contribution in [3.63, 3.8) is 0 Å². The first kappa shape index (κ1) is 16.1. The summed E-state index contributed by atoms with van der Waals surface area (Å²) in [6, 6.07) is 0. The van der Waals surface area contributed by atoms with Crippen molar-refractivity contribution in [2.75, 3.05) is 19.8 Å². The summed E-state index contributed by atoms with van der Waals surface area (Å²) in [6.07, 6.45) is 7.76. The second-order valence-corrected chi connectivity index (χ2v) is 3.10. The molecule has 0 aromatic carbocycles. The van der Waals surface area contributed by atoms with Crippen molar-refractivity contribution < 1.29 is 31.6 Å². The van der Waals surface area contributed by atoms with Gasteiger partial charge >= 0.3 is 0 Å². The fraction of sp³-hybridized carbons (Fsp3) is 1.00. The zero-order valence-electron chi connectivity index (χ0n) is 8.72. The minimum Gasteiger partial charge on any atom is -0.394 e. The van der Waals surface area contributed by atoms with Gasteiger partial charge in [0.05, 0.1) is 13.2 Å². The number of ether oxygens (including phenoxy) is 1. The first-order valence-electron chi connectivity index (χ1n) is 5.10. The molecular weight excluding hydrogens is 200 g/mol. The molecule has 13 heavy (non-hydrogen) atoms. The minimum atomic E-state index is 0. The molecular formula is C10H22O2Ti. The fourth-order valence-corrected chi connectivity index (χ4v) is 1.15. The van der Waals surface area contributed by atoms with Crippen LogP contribution >= 0.6 is 0 Å². The van der Waals surface area contributed by atoms with Crippen LogP contribution in [0.1, 0.15) is 45.4 Å². The van der Waals surface area contributed by atoms with Crippen LogP contribution in [-0.2, 0) is 26.5 Å². The van der Waals surface area contributed by atoms with E-state index < -0.39 is 0 Å². The molecule has 0 aromatic rings. The van der Waals surface area contributed by atoms with Crippen molar-refractivity contribution in [2.45, 2.75) is 45.4 Å². The fourth-order valence-electron chi connectivity index (χ4n) is 1.15. The van der Waals surface area contributed by atoms with E-state index in [1.165, 1.54) is 32.1 Å². The summed E-state index contributed by atoms with van der Waals surface area (Å²) in [5, 5.41) is 8.41. The Hall–Kier alpha value is 0.634. The molecule has 0 saturated heterocycles. The Bertz CT molecular complexity index is 69.3. The third kappa shape index (κ3) is 15.4. The van der Waals surface area contributed by atoms with Gasteiger partial charge in [-0.2, -0.15) is 0 Å². The molecule has 0 aliphatic rings. The molecule has 0 aromatic heterocycles. The van der Waals surface area contributed by atoms with E-state index in [9.17, 15) is 0 Å². The predicted octanol–water partition coefficient (Wildman–Crippen LogP) is 2.35. The number of hydrogen-bond acceptors (Lipinski definition) is 2. The second-order valence-electron chi connectivity index (χ2n) is 3.10. The van der Waals surface area contributed by atoms with Crippen LogP contribution in [0, 0.1) is 0 Å². The Morgan fingerprint density at radius 2 is 1.54 bits per heavy atom. The van der Waals surface area contributed by atoms with Crippen LogP contribution in [0.5, 0.6) is 0 Å². The molecule has 0 fully saturated rings. The molecule has 0 radical (unpaired) electrons. The van der Waals surface area contributed by atoms with Gasteiger partial charge in [-0.1, -0.05) is 39.0 Å². The molecule has 3 heteroatoms.